The summed E-state index contributed by atoms with van der Waals surface area (Å²) < 4.78 is 29.0. The first-order chi connectivity index (χ1) is 8.94. The van der Waals surface area contributed by atoms with E-state index in [0.29, 0.717) is 25.3 Å². The molecule has 1 amide bonds. The summed E-state index contributed by atoms with van der Waals surface area (Å²) in [5, 5.41) is -0.739. The van der Waals surface area contributed by atoms with Crippen molar-refractivity contribution in [2.75, 3.05) is 37.5 Å². The Morgan fingerprint density at radius 3 is 2.84 bits per heavy atom. The summed E-state index contributed by atoms with van der Waals surface area (Å²) in [4.78, 5) is 13.7. The summed E-state index contributed by atoms with van der Waals surface area (Å²) in [5.74, 6) is 0.923. The van der Waals surface area contributed by atoms with Crippen molar-refractivity contribution in [3.05, 3.63) is 0 Å². The predicted octanol–water partition coefficient (Wildman–Crippen LogP) is -0.314. The normalized spacial score (nSPS) is 22.3. The number of carbonyl (C=O) groups excluding carboxylic acids is 1. The zero-order valence-corrected chi connectivity index (χ0v) is 13.0. The van der Waals surface area contributed by atoms with Crippen LogP contribution in [-0.2, 0) is 19.4 Å². The molecule has 0 bridgehead atoms. The van der Waals surface area contributed by atoms with Crippen LogP contribution < -0.4 is 5.73 Å². The van der Waals surface area contributed by atoms with Gasteiger partial charge in [0.25, 0.3) is 0 Å². The third-order valence-corrected chi connectivity index (χ3v) is 6.42. The van der Waals surface area contributed by atoms with E-state index in [1.807, 2.05) is 0 Å². The minimum Gasteiger partial charge on any atom is -0.385 e. The fourth-order valence-electron chi connectivity index (χ4n) is 1.90. The maximum atomic E-state index is 12.2. The van der Waals surface area contributed by atoms with Crippen LogP contribution in [-0.4, -0.2) is 68.2 Å². The number of amides is 1. The molecule has 0 saturated carbocycles. The molecule has 1 aliphatic heterocycles. The van der Waals surface area contributed by atoms with Gasteiger partial charge in [-0.1, -0.05) is 6.92 Å². The van der Waals surface area contributed by atoms with Gasteiger partial charge in [-0.05, 0) is 6.42 Å². The fraction of sp³-hybridized carbons (Fsp3) is 0.909. The van der Waals surface area contributed by atoms with Crippen LogP contribution in [0.1, 0.15) is 13.3 Å². The van der Waals surface area contributed by atoms with Crippen LogP contribution in [0.4, 0.5) is 0 Å². The molecule has 1 aliphatic rings. The Kier molecular flexibility index (Phi) is 6.58. The molecule has 0 aromatic rings. The summed E-state index contributed by atoms with van der Waals surface area (Å²) in [6, 6.07) is -0.697. The topological polar surface area (TPSA) is 89.7 Å². The van der Waals surface area contributed by atoms with Gasteiger partial charge in [-0.3, -0.25) is 4.79 Å². The number of ether oxygens (including phenoxy) is 1. The van der Waals surface area contributed by atoms with Crippen molar-refractivity contribution >= 4 is 27.5 Å². The summed E-state index contributed by atoms with van der Waals surface area (Å²) in [5.41, 5.74) is 5.81. The molecule has 0 aromatic heterocycles. The van der Waals surface area contributed by atoms with E-state index in [-0.39, 0.29) is 11.7 Å². The highest BCUT2D eigenvalue weighted by Crippen LogP contribution is 2.22. The van der Waals surface area contributed by atoms with Crippen molar-refractivity contribution in [3.8, 4) is 0 Å². The number of sulfone groups is 1. The lowest BCUT2D eigenvalue weighted by Crippen LogP contribution is -2.55. The molecule has 2 N–H and O–H groups in total. The summed E-state index contributed by atoms with van der Waals surface area (Å²) in [6.45, 7) is 2.43. The predicted molar refractivity (Wildman–Crippen MR) is 76.8 cm³/mol. The van der Waals surface area contributed by atoms with Gasteiger partial charge >= 0.3 is 0 Å². The second kappa shape index (κ2) is 7.47. The number of hydrogen-bond donors (Lipinski definition) is 1. The van der Waals surface area contributed by atoms with Crippen molar-refractivity contribution in [3.63, 3.8) is 0 Å². The molecule has 2 unspecified atom stereocenters. The first-order valence-corrected chi connectivity index (χ1v) is 9.15. The molecular formula is C11H22N2O4S2. The first-order valence-electron chi connectivity index (χ1n) is 6.28. The Balaban J connectivity index is 2.79. The number of nitrogens with zero attached hydrogens (tertiary/aromatic N) is 1. The SMILES string of the molecule is CCS(=O)(=O)C1CSCCN1C(=O)C(N)CCOC. The highest BCUT2D eigenvalue weighted by atomic mass is 32.2. The molecule has 0 aliphatic carbocycles. The molecule has 1 fully saturated rings. The average Bonchev–Trinajstić information content (AvgIpc) is 2.43. The van der Waals surface area contributed by atoms with E-state index in [4.69, 9.17) is 10.5 Å². The van der Waals surface area contributed by atoms with Gasteiger partial charge in [0.15, 0.2) is 9.84 Å². The number of hydrogen-bond acceptors (Lipinski definition) is 6. The largest absolute Gasteiger partial charge is 0.385 e. The zero-order chi connectivity index (χ0) is 14.5. The van der Waals surface area contributed by atoms with Crippen LogP contribution >= 0.6 is 11.8 Å². The van der Waals surface area contributed by atoms with Crippen molar-refractivity contribution in [2.24, 2.45) is 5.73 Å². The molecule has 0 aromatic carbocycles. The monoisotopic (exact) mass is 310 g/mol. The van der Waals surface area contributed by atoms with Crippen molar-refractivity contribution in [2.45, 2.75) is 24.8 Å². The quantitative estimate of drug-likeness (QED) is 0.723. The van der Waals surface area contributed by atoms with E-state index in [2.05, 4.69) is 0 Å². The Morgan fingerprint density at radius 1 is 1.58 bits per heavy atom. The molecule has 1 heterocycles. The van der Waals surface area contributed by atoms with Crippen LogP contribution in [0.15, 0.2) is 0 Å². The Hall–Kier alpha value is -0.310. The van der Waals surface area contributed by atoms with Crippen LogP contribution in [0.3, 0.4) is 0 Å². The molecule has 2 atom stereocenters. The molecule has 1 rings (SSSR count). The van der Waals surface area contributed by atoms with E-state index >= 15 is 0 Å². The molecular weight excluding hydrogens is 288 g/mol. The van der Waals surface area contributed by atoms with Gasteiger partial charge in [0.05, 0.1) is 6.04 Å². The van der Waals surface area contributed by atoms with E-state index in [0.717, 1.165) is 5.75 Å². The minimum absolute atomic E-state index is 0.0370. The standard InChI is InChI=1S/C11H22N2O4S2/c1-3-19(15,16)10-8-18-7-5-13(10)11(14)9(12)4-6-17-2/h9-10H,3-8,12H2,1-2H3. The fourth-order valence-corrected chi connectivity index (χ4v) is 4.88. The van der Waals surface area contributed by atoms with E-state index in [1.165, 1.54) is 4.90 Å². The lowest BCUT2D eigenvalue weighted by atomic mass is 10.2. The van der Waals surface area contributed by atoms with E-state index in [9.17, 15) is 13.2 Å². The average molecular weight is 310 g/mol. The molecule has 112 valence electrons. The number of carbonyl (C=O) groups is 1. The van der Waals surface area contributed by atoms with Gasteiger partial charge in [-0.2, -0.15) is 11.8 Å². The smallest absolute Gasteiger partial charge is 0.240 e. The maximum Gasteiger partial charge on any atom is 0.240 e. The highest BCUT2D eigenvalue weighted by molar-refractivity contribution is 8.01. The van der Waals surface area contributed by atoms with Crippen molar-refractivity contribution in [1.82, 2.24) is 4.90 Å². The third-order valence-electron chi connectivity index (χ3n) is 3.13. The first kappa shape index (κ1) is 16.7. The van der Waals surface area contributed by atoms with Crippen LogP contribution in [0.25, 0.3) is 0 Å². The summed E-state index contributed by atoms with van der Waals surface area (Å²) in [6.07, 6.45) is 0.401. The van der Waals surface area contributed by atoms with Crippen LogP contribution in [0.5, 0.6) is 0 Å². The van der Waals surface area contributed by atoms with Gasteiger partial charge in [-0.25, -0.2) is 8.42 Å². The summed E-state index contributed by atoms with van der Waals surface area (Å²) >= 11 is 1.56. The molecule has 8 heteroatoms. The number of rotatable bonds is 6. The van der Waals surface area contributed by atoms with E-state index in [1.54, 1.807) is 25.8 Å². The number of methoxy groups -OCH3 is 1. The van der Waals surface area contributed by atoms with Crippen LogP contribution in [0, 0.1) is 0 Å². The Bertz CT molecular complexity index is 399. The second-order valence-electron chi connectivity index (χ2n) is 4.40. The van der Waals surface area contributed by atoms with E-state index < -0.39 is 21.3 Å². The van der Waals surface area contributed by atoms with Gasteiger partial charge in [0, 0.05) is 37.5 Å². The molecule has 19 heavy (non-hydrogen) atoms. The molecule has 0 spiro atoms. The van der Waals surface area contributed by atoms with Crippen molar-refractivity contribution < 1.29 is 17.9 Å². The number of thioether (sulfide) groups is 1. The molecule has 1 saturated heterocycles. The highest BCUT2D eigenvalue weighted by Gasteiger charge is 2.37. The Labute approximate surface area is 119 Å². The Morgan fingerprint density at radius 2 is 2.26 bits per heavy atom. The lowest BCUT2D eigenvalue weighted by molar-refractivity contribution is -0.133. The zero-order valence-electron chi connectivity index (χ0n) is 11.4. The van der Waals surface area contributed by atoms with Gasteiger partial charge < -0.3 is 15.4 Å². The summed E-state index contributed by atoms with van der Waals surface area (Å²) in [7, 11) is -1.73. The number of nitrogens with two attached hydrogens (primary N) is 1. The molecule has 6 nitrogen and oxygen atoms in total. The van der Waals surface area contributed by atoms with Gasteiger partial charge in [0.1, 0.15) is 5.37 Å². The van der Waals surface area contributed by atoms with Crippen molar-refractivity contribution in [1.29, 1.82) is 0 Å². The minimum atomic E-state index is -3.27. The second-order valence-corrected chi connectivity index (χ2v) is 8.00. The third kappa shape index (κ3) is 4.34. The van der Waals surface area contributed by atoms with Gasteiger partial charge in [-0.15, -0.1) is 0 Å². The van der Waals surface area contributed by atoms with Crippen LogP contribution in [0.2, 0.25) is 0 Å². The maximum absolute atomic E-state index is 12.2. The van der Waals surface area contributed by atoms with Gasteiger partial charge in [0.2, 0.25) is 5.91 Å². The molecule has 0 radical (unpaired) electrons. The lowest BCUT2D eigenvalue weighted by Gasteiger charge is -2.36.